The first-order chi connectivity index (χ1) is 5.07. The number of carbonyl (C=O) groups is 1. The molecule has 0 saturated carbocycles. The van der Waals surface area contributed by atoms with Gasteiger partial charge in [-0.25, -0.2) is 0 Å². The maximum absolute atomic E-state index is 10.7. The Kier molecular flexibility index (Phi) is 4.12. The topological polar surface area (TPSA) is 83.7 Å². The number of aliphatic hydroxyl groups is 1. The molecule has 0 radical (unpaired) electrons. The van der Waals surface area contributed by atoms with Gasteiger partial charge in [-0.3, -0.25) is 14.9 Å². The second-order valence-corrected chi connectivity index (χ2v) is 2.03. The second-order valence-electron chi connectivity index (χ2n) is 2.03. The Labute approximate surface area is 63.6 Å². The first-order valence-electron chi connectivity index (χ1n) is 3.04. The molecule has 6 nitrogen and oxygen atoms in total. The number of amides is 1. The summed E-state index contributed by atoms with van der Waals surface area (Å²) in [6, 6.07) is 0. The van der Waals surface area contributed by atoms with Crippen LogP contribution in [0.2, 0.25) is 0 Å². The maximum atomic E-state index is 10.7. The quantitative estimate of drug-likeness (QED) is 0.412. The monoisotopic (exact) mass is 162 g/mol. The van der Waals surface area contributed by atoms with E-state index in [0.717, 1.165) is 4.90 Å². The van der Waals surface area contributed by atoms with Gasteiger partial charge < -0.3 is 10.0 Å². The Morgan fingerprint density at radius 3 is 2.64 bits per heavy atom. The van der Waals surface area contributed by atoms with Crippen molar-refractivity contribution in [1.29, 1.82) is 0 Å². The minimum absolute atomic E-state index is 0.132. The van der Waals surface area contributed by atoms with Crippen LogP contribution in [0.4, 0.5) is 0 Å². The van der Waals surface area contributed by atoms with Crippen LogP contribution in [0.5, 0.6) is 0 Å². The molecule has 0 spiro atoms. The van der Waals surface area contributed by atoms with Crippen molar-refractivity contribution in [2.24, 2.45) is 0 Å². The summed E-state index contributed by atoms with van der Waals surface area (Å²) >= 11 is 0. The summed E-state index contributed by atoms with van der Waals surface area (Å²) in [6.07, 6.45) is 0. The first-order valence-corrected chi connectivity index (χ1v) is 3.04. The summed E-state index contributed by atoms with van der Waals surface area (Å²) in [5.41, 5.74) is 0. The molecule has 0 aromatic rings. The number of carbonyl (C=O) groups excluding carboxylic acids is 1. The normalized spacial score (nSPS) is 9.27. The van der Waals surface area contributed by atoms with Crippen molar-refractivity contribution in [2.45, 2.75) is 0 Å². The average Bonchev–Trinajstić information content (AvgIpc) is 1.86. The Hall–Kier alpha value is -1.17. The lowest BCUT2D eigenvalue weighted by Crippen LogP contribution is -2.34. The molecule has 0 fully saturated rings. The standard InChI is InChI=1S/C5H10N2O4/c1-6(2-3-8)5(9)4-7(10)11/h8H,2-4H2,1H3. The Morgan fingerprint density at radius 2 is 2.27 bits per heavy atom. The van der Waals surface area contributed by atoms with E-state index in [9.17, 15) is 14.9 Å². The van der Waals surface area contributed by atoms with Crippen molar-refractivity contribution in [2.75, 3.05) is 26.7 Å². The van der Waals surface area contributed by atoms with E-state index in [2.05, 4.69) is 0 Å². The highest BCUT2D eigenvalue weighted by atomic mass is 16.6. The Morgan fingerprint density at radius 1 is 1.73 bits per heavy atom. The van der Waals surface area contributed by atoms with Crippen molar-refractivity contribution >= 4 is 5.91 Å². The third-order valence-corrected chi connectivity index (χ3v) is 1.13. The minimum atomic E-state index is -0.712. The predicted octanol–water partition coefficient (Wildman–Crippen LogP) is -1.29. The summed E-state index contributed by atoms with van der Waals surface area (Å²) in [7, 11) is 1.40. The molecule has 0 heterocycles. The van der Waals surface area contributed by atoms with Gasteiger partial charge in [-0.1, -0.05) is 0 Å². The SMILES string of the molecule is CN(CCO)C(=O)C[N+](=O)[O-]. The molecule has 0 aromatic heterocycles. The fourth-order valence-corrected chi connectivity index (χ4v) is 0.506. The van der Waals surface area contributed by atoms with Crippen molar-refractivity contribution in [3.63, 3.8) is 0 Å². The van der Waals surface area contributed by atoms with Crippen molar-refractivity contribution in [3.05, 3.63) is 10.1 Å². The van der Waals surface area contributed by atoms with E-state index in [0.29, 0.717) is 0 Å². The largest absolute Gasteiger partial charge is 0.395 e. The van der Waals surface area contributed by atoms with Gasteiger partial charge >= 0.3 is 0 Å². The number of nitrogens with zero attached hydrogens (tertiary/aromatic N) is 2. The van der Waals surface area contributed by atoms with Crippen molar-refractivity contribution in [3.8, 4) is 0 Å². The molecule has 6 heteroatoms. The molecular formula is C5H10N2O4. The summed E-state index contributed by atoms with van der Waals surface area (Å²) in [5, 5.41) is 18.2. The zero-order valence-corrected chi connectivity index (χ0v) is 6.19. The molecule has 0 unspecified atom stereocenters. The number of rotatable bonds is 4. The van der Waals surface area contributed by atoms with Gasteiger partial charge in [0.2, 0.25) is 0 Å². The first kappa shape index (κ1) is 9.83. The highest BCUT2D eigenvalue weighted by molar-refractivity contribution is 5.76. The van der Waals surface area contributed by atoms with Crippen LogP contribution in [0.1, 0.15) is 0 Å². The zero-order valence-electron chi connectivity index (χ0n) is 6.19. The van der Waals surface area contributed by atoms with Gasteiger partial charge in [-0.15, -0.1) is 0 Å². The van der Waals surface area contributed by atoms with Crippen molar-refractivity contribution in [1.82, 2.24) is 4.90 Å². The van der Waals surface area contributed by atoms with E-state index in [4.69, 9.17) is 5.11 Å². The molecular weight excluding hydrogens is 152 g/mol. The van der Waals surface area contributed by atoms with E-state index in [1.165, 1.54) is 7.05 Å². The third-order valence-electron chi connectivity index (χ3n) is 1.13. The zero-order chi connectivity index (χ0) is 8.85. The molecule has 0 bridgehead atoms. The van der Waals surface area contributed by atoms with E-state index in [1.54, 1.807) is 0 Å². The van der Waals surface area contributed by atoms with Gasteiger partial charge in [0.15, 0.2) is 0 Å². The Bertz CT molecular complexity index is 159. The number of nitro groups is 1. The van der Waals surface area contributed by atoms with Gasteiger partial charge in [0.05, 0.1) is 6.61 Å². The summed E-state index contributed by atoms with van der Waals surface area (Å²) in [6.45, 7) is -0.761. The number of hydrogen-bond acceptors (Lipinski definition) is 4. The summed E-state index contributed by atoms with van der Waals surface area (Å²) in [5.74, 6) is -0.593. The predicted molar refractivity (Wildman–Crippen MR) is 36.6 cm³/mol. The molecule has 0 aliphatic heterocycles. The fraction of sp³-hybridized carbons (Fsp3) is 0.800. The van der Waals surface area contributed by atoms with Crippen LogP contribution < -0.4 is 0 Å². The number of hydrogen-bond donors (Lipinski definition) is 1. The van der Waals surface area contributed by atoms with Crippen LogP contribution in [0.3, 0.4) is 0 Å². The molecule has 0 aliphatic rings. The van der Waals surface area contributed by atoms with E-state index in [-0.39, 0.29) is 13.2 Å². The Balaban J connectivity index is 3.73. The van der Waals surface area contributed by atoms with Gasteiger partial charge in [-0.2, -0.15) is 0 Å². The smallest absolute Gasteiger partial charge is 0.294 e. The lowest BCUT2D eigenvalue weighted by Gasteiger charge is -2.11. The van der Waals surface area contributed by atoms with Crippen LogP contribution >= 0.6 is 0 Å². The number of aliphatic hydroxyl groups excluding tert-OH is 1. The van der Waals surface area contributed by atoms with E-state index >= 15 is 0 Å². The molecule has 0 rings (SSSR count). The summed E-state index contributed by atoms with van der Waals surface area (Å²) < 4.78 is 0. The van der Waals surface area contributed by atoms with Crippen LogP contribution in [0.25, 0.3) is 0 Å². The average molecular weight is 162 g/mol. The highest BCUT2D eigenvalue weighted by Crippen LogP contribution is 1.83. The van der Waals surface area contributed by atoms with Crippen LogP contribution in [-0.2, 0) is 4.79 Å². The van der Waals surface area contributed by atoms with Gasteiger partial charge in [0.25, 0.3) is 12.5 Å². The van der Waals surface area contributed by atoms with E-state index < -0.39 is 17.4 Å². The third kappa shape index (κ3) is 4.26. The lowest BCUT2D eigenvalue weighted by atomic mass is 10.5. The maximum Gasteiger partial charge on any atom is 0.294 e. The molecule has 0 saturated heterocycles. The highest BCUT2D eigenvalue weighted by Gasteiger charge is 2.13. The van der Waals surface area contributed by atoms with Crippen LogP contribution in [0, 0.1) is 10.1 Å². The van der Waals surface area contributed by atoms with Crippen LogP contribution in [0.15, 0.2) is 0 Å². The van der Waals surface area contributed by atoms with Crippen molar-refractivity contribution < 1.29 is 14.8 Å². The number of likely N-dealkylation sites (N-methyl/N-ethyl adjacent to an activating group) is 1. The minimum Gasteiger partial charge on any atom is -0.395 e. The molecule has 1 N–H and O–H groups in total. The molecule has 11 heavy (non-hydrogen) atoms. The summed E-state index contributed by atoms with van der Waals surface area (Å²) in [4.78, 5) is 20.9. The van der Waals surface area contributed by atoms with Crippen LogP contribution in [-0.4, -0.2) is 47.6 Å². The fourth-order valence-electron chi connectivity index (χ4n) is 0.506. The molecule has 1 amide bonds. The van der Waals surface area contributed by atoms with E-state index in [1.807, 2.05) is 0 Å². The van der Waals surface area contributed by atoms with Gasteiger partial charge in [-0.05, 0) is 0 Å². The molecule has 0 atom stereocenters. The molecule has 64 valence electrons. The van der Waals surface area contributed by atoms with Gasteiger partial charge in [0, 0.05) is 18.5 Å². The second kappa shape index (κ2) is 4.62. The lowest BCUT2D eigenvalue weighted by molar-refractivity contribution is -0.468. The molecule has 0 aliphatic carbocycles. The van der Waals surface area contributed by atoms with Gasteiger partial charge in [0.1, 0.15) is 0 Å². The molecule has 0 aromatic carbocycles.